The fourth-order valence-electron chi connectivity index (χ4n) is 3.83. The molecule has 0 saturated carbocycles. The molecule has 3 aromatic rings. The molecule has 3 heterocycles. The zero-order valence-corrected chi connectivity index (χ0v) is 18.6. The number of thiazole rings is 1. The Bertz CT molecular complexity index is 961. The van der Waals surface area contributed by atoms with E-state index < -0.39 is 0 Å². The number of rotatable bonds is 6. The summed E-state index contributed by atoms with van der Waals surface area (Å²) < 4.78 is 1.22. The molecule has 1 aliphatic rings. The monoisotopic (exact) mass is 412 g/mol. The van der Waals surface area contributed by atoms with Gasteiger partial charge < -0.3 is 5.32 Å². The van der Waals surface area contributed by atoms with Crippen molar-refractivity contribution in [3.63, 3.8) is 0 Å². The molecule has 5 heteroatoms. The van der Waals surface area contributed by atoms with Crippen molar-refractivity contribution in [2.75, 3.05) is 6.54 Å². The van der Waals surface area contributed by atoms with Crippen LogP contribution in [0.4, 0.5) is 0 Å². The van der Waals surface area contributed by atoms with Crippen LogP contribution in [0.15, 0.2) is 24.3 Å². The Morgan fingerprint density at radius 1 is 1.21 bits per heavy atom. The van der Waals surface area contributed by atoms with E-state index in [-0.39, 0.29) is 0 Å². The second kappa shape index (κ2) is 8.05. The summed E-state index contributed by atoms with van der Waals surface area (Å²) in [5, 5.41) is 4.55. The molecule has 0 amide bonds. The van der Waals surface area contributed by atoms with Gasteiger partial charge in [-0.25, -0.2) is 4.98 Å². The van der Waals surface area contributed by atoms with E-state index in [1.807, 2.05) is 17.4 Å². The maximum Gasteiger partial charge on any atom is 0.138 e. The molecule has 0 bridgehead atoms. The molecule has 28 heavy (non-hydrogen) atoms. The topological polar surface area (TPSA) is 42.0 Å². The predicted octanol–water partition coefficient (Wildman–Crippen LogP) is 6.00. The highest BCUT2D eigenvalue weighted by Gasteiger charge is 2.25. The molecule has 1 aromatic carbocycles. The first-order valence-electron chi connectivity index (χ1n) is 10.1. The van der Waals surface area contributed by atoms with Gasteiger partial charge in [0, 0.05) is 34.7 Å². The largest absolute Gasteiger partial charge is 0.312 e. The summed E-state index contributed by atoms with van der Waals surface area (Å²) in [5.74, 6) is 0.359. The first-order chi connectivity index (χ1) is 13.4. The highest BCUT2D eigenvalue weighted by molar-refractivity contribution is 7.22. The summed E-state index contributed by atoms with van der Waals surface area (Å²) in [7, 11) is 0. The molecule has 0 radical (unpaired) electrons. The maximum absolute atomic E-state index is 12.7. The fraction of sp³-hybridized carbons (Fsp3) is 0.478. The molecule has 0 saturated heterocycles. The van der Waals surface area contributed by atoms with Crippen molar-refractivity contribution in [3.05, 3.63) is 39.6 Å². The number of hydrogen-bond acceptors (Lipinski definition) is 5. The second-order valence-corrected chi connectivity index (χ2v) is 11.1. The predicted molar refractivity (Wildman–Crippen MR) is 120 cm³/mol. The molecule has 148 valence electrons. The quantitative estimate of drug-likeness (QED) is 0.540. The number of hydrogen-bond donors (Lipinski definition) is 1. The molecular weight excluding hydrogens is 384 g/mol. The van der Waals surface area contributed by atoms with Gasteiger partial charge >= 0.3 is 0 Å². The summed E-state index contributed by atoms with van der Waals surface area (Å²) in [5.41, 5.74) is 4.02. The number of nitrogens with one attached hydrogen (secondary N) is 1. The van der Waals surface area contributed by atoms with Crippen LogP contribution in [-0.4, -0.2) is 17.3 Å². The number of nitrogens with zero attached hydrogens (tertiary/aromatic N) is 1. The standard InChI is InChI=1S/C23H28N2OS2/c1-23(2,3)11-6-7-15(26)13-19-21(16-10-12-24-14-20(16)27-19)22-25-17-8-4-5-9-18(17)28-22/h4-5,8-9,24H,6-7,10-14H2,1-3H3. The molecular formula is C23H28N2OS2. The number of carbonyl (C=O) groups excluding carboxylic acids is 1. The number of fused-ring (bicyclic) bond motifs is 2. The molecule has 0 aliphatic carbocycles. The van der Waals surface area contributed by atoms with E-state index in [2.05, 4.69) is 44.3 Å². The van der Waals surface area contributed by atoms with E-state index in [4.69, 9.17) is 4.98 Å². The average Bonchev–Trinajstić information content (AvgIpc) is 3.20. The summed E-state index contributed by atoms with van der Waals surface area (Å²) in [6.45, 7) is 8.63. The molecule has 2 aromatic heterocycles. The Kier molecular flexibility index (Phi) is 5.68. The van der Waals surface area contributed by atoms with Crippen molar-refractivity contribution in [2.24, 2.45) is 5.41 Å². The molecule has 1 N–H and O–H groups in total. The lowest BCUT2D eigenvalue weighted by atomic mass is 9.89. The SMILES string of the molecule is CC(C)(C)CCCC(=O)Cc1sc2c(c1-c1nc3ccccc3s1)CCNC2. The average molecular weight is 413 g/mol. The number of para-hydroxylation sites is 1. The molecule has 0 spiro atoms. The molecule has 3 nitrogen and oxygen atoms in total. The van der Waals surface area contributed by atoms with Gasteiger partial charge in [0.2, 0.25) is 0 Å². The number of Topliss-reactive ketones (excluding diaryl/α,β-unsaturated/α-hetero) is 1. The summed E-state index contributed by atoms with van der Waals surface area (Å²) in [4.78, 5) is 20.3. The lowest BCUT2D eigenvalue weighted by molar-refractivity contribution is -0.118. The van der Waals surface area contributed by atoms with Gasteiger partial charge in [0.25, 0.3) is 0 Å². The first kappa shape index (κ1) is 19.7. The van der Waals surface area contributed by atoms with Crippen LogP contribution in [0.5, 0.6) is 0 Å². The lowest BCUT2D eigenvalue weighted by Gasteiger charge is -2.17. The van der Waals surface area contributed by atoms with E-state index in [9.17, 15) is 4.79 Å². The number of thiophene rings is 1. The van der Waals surface area contributed by atoms with Gasteiger partial charge in [-0.2, -0.15) is 0 Å². The van der Waals surface area contributed by atoms with Gasteiger partial charge in [-0.15, -0.1) is 22.7 Å². The highest BCUT2D eigenvalue weighted by atomic mass is 32.1. The van der Waals surface area contributed by atoms with Crippen molar-refractivity contribution in [1.82, 2.24) is 10.3 Å². The third kappa shape index (κ3) is 4.37. The third-order valence-electron chi connectivity index (χ3n) is 5.25. The molecule has 1 aliphatic heterocycles. The van der Waals surface area contributed by atoms with E-state index in [1.165, 1.54) is 25.6 Å². The highest BCUT2D eigenvalue weighted by Crippen LogP contribution is 2.42. The van der Waals surface area contributed by atoms with Crippen molar-refractivity contribution in [1.29, 1.82) is 0 Å². The van der Waals surface area contributed by atoms with Gasteiger partial charge in [0.1, 0.15) is 10.8 Å². The van der Waals surface area contributed by atoms with Crippen molar-refractivity contribution in [2.45, 2.75) is 59.4 Å². The van der Waals surface area contributed by atoms with Gasteiger partial charge in [-0.05, 0) is 48.9 Å². The van der Waals surface area contributed by atoms with E-state index in [1.54, 1.807) is 11.3 Å². The van der Waals surface area contributed by atoms with Crippen LogP contribution in [-0.2, 0) is 24.2 Å². The number of carbonyl (C=O) groups is 1. The normalized spacial score (nSPS) is 14.4. The smallest absolute Gasteiger partial charge is 0.138 e. The first-order valence-corrected chi connectivity index (χ1v) is 11.8. The molecule has 0 atom stereocenters. The zero-order valence-electron chi connectivity index (χ0n) is 16.9. The van der Waals surface area contributed by atoms with Crippen LogP contribution in [0.1, 0.15) is 55.4 Å². The Labute approximate surface area is 175 Å². The Morgan fingerprint density at radius 2 is 2.04 bits per heavy atom. The van der Waals surface area contributed by atoms with Crippen LogP contribution in [0, 0.1) is 5.41 Å². The van der Waals surface area contributed by atoms with Gasteiger partial charge in [-0.1, -0.05) is 32.9 Å². The van der Waals surface area contributed by atoms with Crippen LogP contribution in [0.3, 0.4) is 0 Å². The Balaban J connectivity index is 1.62. The number of aromatic nitrogens is 1. The molecule has 0 unspecified atom stereocenters. The van der Waals surface area contributed by atoms with Crippen LogP contribution >= 0.6 is 22.7 Å². The number of benzene rings is 1. The van der Waals surface area contributed by atoms with Crippen LogP contribution in [0.2, 0.25) is 0 Å². The van der Waals surface area contributed by atoms with E-state index in [0.717, 1.165) is 42.9 Å². The van der Waals surface area contributed by atoms with Crippen LogP contribution < -0.4 is 5.32 Å². The molecule has 4 rings (SSSR count). The molecule has 0 fully saturated rings. The van der Waals surface area contributed by atoms with Gasteiger partial charge in [0.05, 0.1) is 10.2 Å². The fourth-order valence-corrected chi connectivity index (χ4v) is 6.31. The Morgan fingerprint density at radius 3 is 2.82 bits per heavy atom. The van der Waals surface area contributed by atoms with Crippen molar-refractivity contribution < 1.29 is 4.79 Å². The number of ketones is 1. The minimum Gasteiger partial charge on any atom is -0.312 e. The zero-order chi connectivity index (χ0) is 19.7. The summed E-state index contributed by atoms with van der Waals surface area (Å²) in [6, 6.07) is 8.32. The minimum absolute atomic E-state index is 0.292. The summed E-state index contributed by atoms with van der Waals surface area (Å²) >= 11 is 3.57. The third-order valence-corrected chi connectivity index (χ3v) is 7.53. The Hall–Kier alpha value is -1.56. The van der Waals surface area contributed by atoms with Crippen LogP contribution in [0.25, 0.3) is 20.8 Å². The van der Waals surface area contributed by atoms with Gasteiger partial charge in [0.15, 0.2) is 0 Å². The van der Waals surface area contributed by atoms with E-state index in [0.29, 0.717) is 24.0 Å². The van der Waals surface area contributed by atoms with Crippen molar-refractivity contribution in [3.8, 4) is 10.6 Å². The second-order valence-electron chi connectivity index (χ2n) is 8.85. The van der Waals surface area contributed by atoms with Crippen molar-refractivity contribution >= 4 is 38.7 Å². The minimum atomic E-state index is 0.292. The maximum atomic E-state index is 12.7. The summed E-state index contributed by atoms with van der Waals surface area (Å²) in [6.07, 6.45) is 4.32. The van der Waals surface area contributed by atoms with E-state index >= 15 is 0 Å². The van der Waals surface area contributed by atoms with Gasteiger partial charge in [-0.3, -0.25) is 4.79 Å². The lowest BCUT2D eigenvalue weighted by Crippen LogP contribution is -2.22.